The van der Waals surface area contributed by atoms with Crippen LogP contribution in [-0.2, 0) is 17.8 Å². The summed E-state index contributed by atoms with van der Waals surface area (Å²) in [6, 6.07) is 6.29. The van der Waals surface area contributed by atoms with Gasteiger partial charge in [-0.1, -0.05) is 20.4 Å². The first kappa shape index (κ1) is 17.8. The molecule has 0 spiro atoms. The van der Waals surface area contributed by atoms with E-state index in [2.05, 4.69) is 25.7 Å². The van der Waals surface area contributed by atoms with E-state index in [-0.39, 0.29) is 28.5 Å². The van der Waals surface area contributed by atoms with Crippen molar-refractivity contribution in [3.05, 3.63) is 60.1 Å². The molecule has 2 aromatic rings. The van der Waals surface area contributed by atoms with Crippen LogP contribution in [0, 0.1) is 5.41 Å². The van der Waals surface area contributed by atoms with Gasteiger partial charge in [0, 0.05) is 30.8 Å². The largest absolute Gasteiger partial charge is 0.507 e. The van der Waals surface area contributed by atoms with Crippen molar-refractivity contribution in [2.75, 3.05) is 11.9 Å². The van der Waals surface area contributed by atoms with Crippen LogP contribution in [-0.4, -0.2) is 28.4 Å². The van der Waals surface area contributed by atoms with E-state index in [1.165, 1.54) is 18.2 Å². The summed E-state index contributed by atoms with van der Waals surface area (Å²) >= 11 is 0. The molecule has 3 rings (SSSR count). The summed E-state index contributed by atoms with van der Waals surface area (Å²) in [6.07, 6.45) is 3.52. The van der Waals surface area contributed by atoms with Crippen LogP contribution in [0.2, 0.25) is 0 Å². The number of amides is 2. The number of carbonyl (C=O) groups excluding carboxylic acids is 2. The minimum atomic E-state index is -0.381. The Bertz CT molecular complexity index is 866. The highest BCUT2D eigenvalue weighted by atomic mass is 16.3. The molecule has 0 radical (unpaired) electrons. The van der Waals surface area contributed by atoms with Crippen molar-refractivity contribution < 1.29 is 19.1 Å². The van der Waals surface area contributed by atoms with Crippen molar-refractivity contribution in [2.24, 2.45) is 5.41 Å². The minimum Gasteiger partial charge on any atom is -0.507 e. The second-order valence-corrected chi connectivity index (χ2v) is 7.30. The SMILES string of the molecule is C=CC(=O)Nc1ccc(O)c(C(=O)N2Cc3ccoc3CC(C)(C)C2)c1. The molecule has 0 fully saturated rings. The quantitative estimate of drug-likeness (QED) is 0.654. The van der Waals surface area contributed by atoms with Gasteiger partial charge >= 0.3 is 0 Å². The highest BCUT2D eigenvalue weighted by Crippen LogP contribution is 2.33. The van der Waals surface area contributed by atoms with Crippen molar-refractivity contribution in [3.8, 4) is 5.75 Å². The number of phenols is 1. The maximum absolute atomic E-state index is 13.1. The zero-order valence-electron chi connectivity index (χ0n) is 14.9. The minimum absolute atomic E-state index is 0.124. The van der Waals surface area contributed by atoms with Gasteiger partial charge in [-0.15, -0.1) is 0 Å². The average Bonchev–Trinajstić information content (AvgIpc) is 2.95. The van der Waals surface area contributed by atoms with E-state index >= 15 is 0 Å². The van der Waals surface area contributed by atoms with Gasteiger partial charge in [-0.25, -0.2) is 0 Å². The Labute approximate surface area is 152 Å². The Morgan fingerprint density at radius 1 is 1.35 bits per heavy atom. The van der Waals surface area contributed by atoms with Crippen LogP contribution >= 0.6 is 0 Å². The van der Waals surface area contributed by atoms with E-state index in [1.54, 1.807) is 11.2 Å². The van der Waals surface area contributed by atoms with Gasteiger partial charge in [0.25, 0.3) is 5.91 Å². The van der Waals surface area contributed by atoms with Gasteiger partial charge in [-0.2, -0.15) is 0 Å². The molecule has 6 nitrogen and oxygen atoms in total. The first-order valence-corrected chi connectivity index (χ1v) is 8.40. The molecule has 2 N–H and O–H groups in total. The first-order chi connectivity index (χ1) is 12.3. The van der Waals surface area contributed by atoms with E-state index in [0.717, 1.165) is 23.8 Å². The number of carbonyl (C=O) groups is 2. The Kier molecular flexibility index (Phi) is 4.59. The fourth-order valence-electron chi connectivity index (χ4n) is 3.22. The van der Waals surface area contributed by atoms with Crippen LogP contribution in [0.4, 0.5) is 5.69 Å². The van der Waals surface area contributed by atoms with E-state index in [4.69, 9.17) is 4.42 Å². The number of fused-ring (bicyclic) bond motifs is 1. The summed E-state index contributed by atoms with van der Waals surface area (Å²) in [5, 5.41) is 12.8. The molecular formula is C20H22N2O4. The van der Waals surface area contributed by atoms with E-state index in [9.17, 15) is 14.7 Å². The van der Waals surface area contributed by atoms with Crippen molar-refractivity contribution in [2.45, 2.75) is 26.8 Å². The summed E-state index contributed by atoms with van der Waals surface area (Å²) in [6.45, 7) is 8.49. The number of phenolic OH excluding ortho intramolecular Hbond substituents is 1. The molecule has 0 atom stereocenters. The van der Waals surface area contributed by atoms with Crippen molar-refractivity contribution in [1.82, 2.24) is 4.90 Å². The number of anilines is 1. The maximum Gasteiger partial charge on any atom is 0.258 e. The molecule has 1 aliphatic rings. The third-order valence-corrected chi connectivity index (χ3v) is 4.42. The molecule has 1 aromatic carbocycles. The fourth-order valence-corrected chi connectivity index (χ4v) is 3.22. The number of aromatic hydroxyl groups is 1. The van der Waals surface area contributed by atoms with Gasteiger partial charge in [0.2, 0.25) is 5.91 Å². The molecule has 6 heteroatoms. The molecule has 26 heavy (non-hydrogen) atoms. The maximum atomic E-state index is 13.1. The predicted octanol–water partition coefficient (Wildman–Crippen LogP) is 3.33. The number of nitrogens with zero attached hydrogens (tertiary/aromatic N) is 1. The second-order valence-electron chi connectivity index (χ2n) is 7.30. The lowest BCUT2D eigenvalue weighted by Crippen LogP contribution is -2.37. The summed E-state index contributed by atoms with van der Waals surface area (Å²) in [4.78, 5) is 26.3. The summed E-state index contributed by atoms with van der Waals surface area (Å²) in [7, 11) is 0. The Balaban J connectivity index is 1.92. The first-order valence-electron chi connectivity index (χ1n) is 8.40. The molecule has 0 bridgehead atoms. The zero-order valence-corrected chi connectivity index (χ0v) is 14.9. The molecule has 1 aromatic heterocycles. The van der Waals surface area contributed by atoms with Gasteiger partial charge in [-0.3, -0.25) is 9.59 Å². The number of hydrogen-bond donors (Lipinski definition) is 2. The molecule has 136 valence electrons. The monoisotopic (exact) mass is 354 g/mol. The van der Waals surface area contributed by atoms with Crippen LogP contribution in [0.1, 0.15) is 35.5 Å². The topological polar surface area (TPSA) is 82.8 Å². The fraction of sp³-hybridized carbons (Fsp3) is 0.300. The van der Waals surface area contributed by atoms with Crippen LogP contribution in [0.3, 0.4) is 0 Å². The third-order valence-electron chi connectivity index (χ3n) is 4.42. The molecule has 0 saturated carbocycles. The Morgan fingerprint density at radius 3 is 2.85 bits per heavy atom. The summed E-state index contributed by atoms with van der Waals surface area (Å²) in [5.74, 6) is 0.0925. The third kappa shape index (κ3) is 3.64. The van der Waals surface area contributed by atoms with Gasteiger partial charge in [0.05, 0.1) is 11.8 Å². The van der Waals surface area contributed by atoms with Crippen molar-refractivity contribution >= 4 is 17.5 Å². The lowest BCUT2D eigenvalue weighted by atomic mass is 9.88. The van der Waals surface area contributed by atoms with Gasteiger partial charge in [0.1, 0.15) is 11.5 Å². The second kappa shape index (κ2) is 6.71. The molecule has 0 aliphatic carbocycles. The van der Waals surface area contributed by atoms with Gasteiger partial charge < -0.3 is 19.7 Å². The van der Waals surface area contributed by atoms with Crippen LogP contribution in [0.5, 0.6) is 5.75 Å². The Hall–Kier alpha value is -3.02. The molecular weight excluding hydrogens is 332 g/mol. The number of nitrogens with one attached hydrogen (secondary N) is 1. The van der Waals surface area contributed by atoms with E-state index in [1.807, 2.05) is 6.07 Å². The molecule has 0 unspecified atom stereocenters. The summed E-state index contributed by atoms with van der Waals surface area (Å²) < 4.78 is 5.56. The number of furan rings is 1. The zero-order chi connectivity index (χ0) is 18.9. The smallest absolute Gasteiger partial charge is 0.258 e. The summed E-state index contributed by atoms with van der Waals surface area (Å²) in [5.41, 5.74) is 1.38. The average molecular weight is 354 g/mol. The predicted molar refractivity (Wildman–Crippen MR) is 97.9 cm³/mol. The van der Waals surface area contributed by atoms with Crippen molar-refractivity contribution in [3.63, 3.8) is 0 Å². The van der Waals surface area contributed by atoms with E-state index in [0.29, 0.717) is 18.8 Å². The number of rotatable bonds is 3. The lowest BCUT2D eigenvalue weighted by Gasteiger charge is -2.29. The Morgan fingerprint density at radius 2 is 2.12 bits per heavy atom. The molecule has 1 aliphatic heterocycles. The van der Waals surface area contributed by atoms with Gasteiger partial charge in [-0.05, 0) is 35.8 Å². The highest BCUT2D eigenvalue weighted by molar-refractivity contribution is 6.02. The standard InChI is InChI=1S/C20H22N2O4/c1-4-18(24)21-14-5-6-16(23)15(9-14)19(25)22-11-13-7-8-26-17(13)10-20(2,3)12-22/h4-9,23H,1,10-12H2,2-3H3,(H,21,24). The molecule has 2 amide bonds. The van der Waals surface area contributed by atoms with E-state index < -0.39 is 0 Å². The van der Waals surface area contributed by atoms with Crippen LogP contribution < -0.4 is 5.32 Å². The van der Waals surface area contributed by atoms with Gasteiger partial charge in [0.15, 0.2) is 0 Å². The van der Waals surface area contributed by atoms with Crippen LogP contribution in [0.15, 0.2) is 47.6 Å². The normalized spacial score (nSPS) is 15.7. The molecule has 0 saturated heterocycles. The number of hydrogen-bond acceptors (Lipinski definition) is 4. The molecule has 2 heterocycles. The van der Waals surface area contributed by atoms with Crippen molar-refractivity contribution in [1.29, 1.82) is 0 Å². The highest BCUT2D eigenvalue weighted by Gasteiger charge is 2.33. The lowest BCUT2D eigenvalue weighted by molar-refractivity contribution is -0.111. The van der Waals surface area contributed by atoms with Crippen LogP contribution in [0.25, 0.3) is 0 Å². The number of benzene rings is 1.